The van der Waals surface area contributed by atoms with Gasteiger partial charge in [-0.1, -0.05) is 24.3 Å². The lowest BCUT2D eigenvalue weighted by Crippen LogP contribution is -1.81. The number of rotatable bonds is 0. The van der Waals surface area contributed by atoms with Crippen molar-refractivity contribution in [2.45, 2.75) is 0 Å². The number of phenolic OH excluding ortho intramolecular Hbond substituents is 3. The molecule has 2 aromatic rings. The highest BCUT2D eigenvalue weighted by Crippen LogP contribution is 2.44. The number of aromatic hydroxyl groups is 3. The number of hydrogen-bond acceptors (Lipinski definition) is 3. The molecule has 4 heteroatoms. The average Bonchev–Trinajstić information content (AvgIpc) is 2.23. The van der Waals surface area contributed by atoms with E-state index in [1.54, 1.807) is 46.9 Å². The Bertz CT molecular complexity index is 462. The monoisotopic (exact) mass is 302 g/mol. The molecule has 72 valence electrons. The standard InChI is InChI=1S/C10H7IO3/c11-7-8(12)5-3-1-2-4-6(5)9(13)10(7)14/h1-4,12-14H. The Labute approximate surface area is 93.8 Å². The van der Waals surface area contributed by atoms with Crippen LogP contribution in [0.2, 0.25) is 0 Å². The molecule has 0 aliphatic heterocycles. The third-order valence-corrected chi connectivity index (χ3v) is 3.10. The minimum absolute atomic E-state index is 0.00324. The maximum Gasteiger partial charge on any atom is 0.175 e. The predicted octanol–water partition coefficient (Wildman–Crippen LogP) is 2.56. The van der Waals surface area contributed by atoms with E-state index < -0.39 is 0 Å². The Morgan fingerprint density at radius 3 is 1.86 bits per heavy atom. The summed E-state index contributed by atoms with van der Waals surface area (Å²) in [6.45, 7) is 0. The molecule has 0 saturated heterocycles. The Balaban J connectivity index is 3.02. The van der Waals surface area contributed by atoms with Crippen molar-refractivity contribution in [3.8, 4) is 17.2 Å². The van der Waals surface area contributed by atoms with Gasteiger partial charge in [-0.25, -0.2) is 0 Å². The summed E-state index contributed by atoms with van der Waals surface area (Å²) < 4.78 is 0.263. The Hall–Kier alpha value is -1.17. The van der Waals surface area contributed by atoms with Gasteiger partial charge in [0.05, 0.1) is 0 Å². The Kier molecular flexibility index (Phi) is 2.14. The van der Waals surface area contributed by atoms with E-state index in [0.717, 1.165) is 0 Å². The van der Waals surface area contributed by atoms with E-state index >= 15 is 0 Å². The second kappa shape index (κ2) is 3.20. The number of hydrogen-bond donors (Lipinski definition) is 3. The van der Waals surface area contributed by atoms with Crippen LogP contribution in [0.4, 0.5) is 0 Å². The average molecular weight is 302 g/mol. The molecule has 0 aromatic heterocycles. The molecule has 3 N–H and O–H groups in total. The summed E-state index contributed by atoms with van der Waals surface area (Å²) in [5.41, 5.74) is 0. The van der Waals surface area contributed by atoms with Crippen LogP contribution in [0, 0.1) is 3.57 Å². The minimum Gasteiger partial charge on any atom is -0.506 e. The van der Waals surface area contributed by atoms with Gasteiger partial charge in [0.25, 0.3) is 0 Å². The van der Waals surface area contributed by atoms with Crippen LogP contribution in [0.1, 0.15) is 0 Å². The van der Waals surface area contributed by atoms with Gasteiger partial charge >= 0.3 is 0 Å². The van der Waals surface area contributed by atoms with Crippen molar-refractivity contribution in [2.24, 2.45) is 0 Å². The summed E-state index contributed by atoms with van der Waals surface area (Å²) in [6.07, 6.45) is 0. The zero-order valence-electron chi connectivity index (χ0n) is 7.03. The molecule has 0 unspecified atom stereocenters. The van der Waals surface area contributed by atoms with Crippen LogP contribution < -0.4 is 0 Å². The van der Waals surface area contributed by atoms with Gasteiger partial charge in [-0.15, -0.1) is 0 Å². The summed E-state index contributed by atoms with van der Waals surface area (Å²) in [5.74, 6) is -0.471. The van der Waals surface area contributed by atoms with Crippen molar-refractivity contribution in [3.63, 3.8) is 0 Å². The Morgan fingerprint density at radius 2 is 1.29 bits per heavy atom. The van der Waals surface area contributed by atoms with E-state index in [-0.39, 0.29) is 20.8 Å². The highest BCUT2D eigenvalue weighted by Gasteiger charge is 2.15. The number of fused-ring (bicyclic) bond motifs is 1. The lowest BCUT2D eigenvalue weighted by Gasteiger charge is -2.08. The Morgan fingerprint density at radius 1 is 0.786 bits per heavy atom. The van der Waals surface area contributed by atoms with Crippen LogP contribution in [-0.2, 0) is 0 Å². The summed E-state index contributed by atoms with van der Waals surface area (Å²) in [6, 6.07) is 6.81. The van der Waals surface area contributed by atoms with E-state index in [0.29, 0.717) is 10.8 Å². The smallest absolute Gasteiger partial charge is 0.175 e. The highest BCUT2D eigenvalue weighted by atomic mass is 127. The molecule has 0 atom stereocenters. The molecule has 2 aromatic carbocycles. The molecule has 0 aliphatic rings. The molecular formula is C10H7IO3. The number of halogens is 1. The van der Waals surface area contributed by atoms with E-state index in [9.17, 15) is 15.3 Å². The summed E-state index contributed by atoms with van der Waals surface area (Å²) in [4.78, 5) is 0. The van der Waals surface area contributed by atoms with Crippen molar-refractivity contribution in [1.29, 1.82) is 0 Å². The summed E-state index contributed by atoms with van der Waals surface area (Å²) >= 11 is 1.78. The van der Waals surface area contributed by atoms with Gasteiger partial charge in [0, 0.05) is 10.8 Å². The quantitative estimate of drug-likeness (QED) is 0.398. The molecule has 0 aliphatic carbocycles. The van der Waals surface area contributed by atoms with Gasteiger partial charge < -0.3 is 15.3 Å². The van der Waals surface area contributed by atoms with E-state index in [1.165, 1.54) is 0 Å². The first-order valence-electron chi connectivity index (χ1n) is 3.94. The first kappa shape index (κ1) is 9.39. The van der Waals surface area contributed by atoms with Crippen LogP contribution in [0.3, 0.4) is 0 Å². The van der Waals surface area contributed by atoms with Gasteiger partial charge in [0.1, 0.15) is 9.32 Å². The molecule has 0 saturated carbocycles. The second-order valence-electron chi connectivity index (χ2n) is 2.91. The van der Waals surface area contributed by atoms with Crippen LogP contribution in [-0.4, -0.2) is 15.3 Å². The lowest BCUT2D eigenvalue weighted by atomic mass is 10.1. The van der Waals surface area contributed by atoms with E-state index in [4.69, 9.17) is 0 Å². The van der Waals surface area contributed by atoms with Crippen LogP contribution in [0.25, 0.3) is 10.8 Å². The molecule has 0 amide bonds. The maximum absolute atomic E-state index is 9.68. The van der Waals surface area contributed by atoms with Crippen LogP contribution in [0.5, 0.6) is 17.2 Å². The molecule has 0 fully saturated rings. The van der Waals surface area contributed by atoms with Crippen LogP contribution in [0.15, 0.2) is 24.3 Å². The van der Waals surface area contributed by atoms with E-state index in [2.05, 4.69) is 0 Å². The predicted molar refractivity (Wildman–Crippen MR) is 61.7 cm³/mol. The van der Waals surface area contributed by atoms with Crippen molar-refractivity contribution < 1.29 is 15.3 Å². The van der Waals surface area contributed by atoms with E-state index in [1.807, 2.05) is 0 Å². The number of phenols is 3. The zero-order valence-corrected chi connectivity index (χ0v) is 9.19. The fraction of sp³-hybridized carbons (Fsp3) is 0. The molecule has 0 spiro atoms. The van der Waals surface area contributed by atoms with Gasteiger partial charge in [-0.2, -0.15) is 0 Å². The fourth-order valence-corrected chi connectivity index (χ4v) is 1.90. The molecule has 2 rings (SSSR count). The van der Waals surface area contributed by atoms with Gasteiger partial charge in [0.2, 0.25) is 0 Å². The first-order valence-corrected chi connectivity index (χ1v) is 5.02. The van der Waals surface area contributed by atoms with Crippen molar-refractivity contribution >= 4 is 33.4 Å². The number of benzene rings is 2. The largest absolute Gasteiger partial charge is 0.506 e. The summed E-state index contributed by atoms with van der Waals surface area (Å²) in [7, 11) is 0. The maximum atomic E-state index is 9.68. The molecule has 0 bridgehead atoms. The third-order valence-electron chi connectivity index (χ3n) is 2.08. The molecule has 0 heterocycles. The second-order valence-corrected chi connectivity index (χ2v) is 3.98. The molecule has 3 nitrogen and oxygen atoms in total. The summed E-state index contributed by atoms with van der Waals surface area (Å²) in [5, 5.41) is 29.7. The third kappa shape index (κ3) is 1.18. The fourth-order valence-electron chi connectivity index (χ4n) is 1.36. The zero-order chi connectivity index (χ0) is 10.3. The topological polar surface area (TPSA) is 60.7 Å². The van der Waals surface area contributed by atoms with Gasteiger partial charge in [0.15, 0.2) is 11.5 Å². The van der Waals surface area contributed by atoms with Crippen molar-refractivity contribution in [2.75, 3.05) is 0 Å². The van der Waals surface area contributed by atoms with Crippen molar-refractivity contribution in [1.82, 2.24) is 0 Å². The molecule has 14 heavy (non-hydrogen) atoms. The van der Waals surface area contributed by atoms with Crippen molar-refractivity contribution in [3.05, 3.63) is 27.8 Å². The van der Waals surface area contributed by atoms with Gasteiger partial charge in [-0.05, 0) is 22.6 Å². The molecular weight excluding hydrogens is 295 g/mol. The SMILES string of the molecule is Oc1c(I)c(O)c2ccccc2c1O. The molecule has 0 radical (unpaired) electrons. The normalized spacial score (nSPS) is 10.6. The van der Waals surface area contributed by atoms with Crippen LogP contribution >= 0.6 is 22.6 Å². The first-order chi connectivity index (χ1) is 6.63. The lowest BCUT2D eigenvalue weighted by molar-refractivity contribution is 0.398. The highest BCUT2D eigenvalue weighted by molar-refractivity contribution is 14.1. The van der Waals surface area contributed by atoms with Gasteiger partial charge in [-0.3, -0.25) is 0 Å². The minimum atomic E-state index is -0.276.